The molecule has 4 rings (SSSR count). The molecule has 26 heavy (non-hydrogen) atoms. The van der Waals surface area contributed by atoms with Crippen LogP contribution in [0.2, 0.25) is 0 Å². The van der Waals surface area contributed by atoms with Gasteiger partial charge in [-0.05, 0) is 55.0 Å². The fraction of sp³-hybridized carbons (Fsp3) is 0.0952. The number of para-hydroxylation sites is 2. The number of benzene rings is 2. The van der Waals surface area contributed by atoms with Gasteiger partial charge in [-0.3, -0.25) is 14.3 Å². The zero-order valence-electron chi connectivity index (χ0n) is 14.3. The van der Waals surface area contributed by atoms with Crippen LogP contribution in [0.15, 0.2) is 79.4 Å². The average Bonchev–Trinajstić information content (AvgIpc) is 3.13. The van der Waals surface area contributed by atoms with Crippen LogP contribution in [0.4, 0.5) is 0 Å². The van der Waals surface area contributed by atoms with Gasteiger partial charge in [0.05, 0.1) is 17.1 Å². The number of hydrogen-bond acceptors (Lipinski definition) is 3. The van der Waals surface area contributed by atoms with Gasteiger partial charge < -0.3 is 5.32 Å². The fourth-order valence-electron chi connectivity index (χ4n) is 2.93. The number of pyridine rings is 1. The Morgan fingerprint density at radius 2 is 1.85 bits per heavy atom. The normalized spacial score (nSPS) is 12.0. The second kappa shape index (κ2) is 6.80. The minimum atomic E-state index is -0.108. The molecule has 1 amide bonds. The fourth-order valence-corrected chi connectivity index (χ4v) is 2.93. The molecule has 0 saturated heterocycles. The van der Waals surface area contributed by atoms with E-state index in [9.17, 15) is 4.79 Å². The topological polar surface area (TPSA) is 59.8 Å². The summed E-state index contributed by atoms with van der Waals surface area (Å²) in [6.45, 7) is 1.95. The SMILES string of the molecule is CC(NC(=O)c1ccc(-n2cnc3ccccc32)cc1)c1cccnc1. The second-order valence-electron chi connectivity index (χ2n) is 6.13. The third-order valence-corrected chi connectivity index (χ3v) is 4.39. The summed E-state index contributed by atoms with van der Waals surface area (Å²) < 4.78 is 2.01. The molecule has 0 fully saturated rings. The first-order valence-electron chi connectivity index (χ1n) is 8.46. The maximum Gasteiger partial charge on any atom is 0.251 e. The van der Waals surface area contributed by atoms with E-state index in [-0.39, 0.29) is 11.9 Å². The number of carbonyl (C=O) groups excluding carboxylic acids is 1. The van der Waals surface area contributed by atoms with Crippen LogP contribution >= 0.6 is 0 Å². The number of fused-ring (bicyclic) bond motifs is 1. The molecule has 1 N–H and O–H groups in total. The van der Waals surface area contributed by atoms with Crippen molar-refractivity contribution in [2.45, 2.75) is 13.0 Å². The standard InChI is InChI=1S/C21H18N4O/c1-15(17-5-4-12-22-13-17)24-21(26)16-8-10-18(11-9-16)25-14-23-19-6-2-3-7-20(19)25/h2-15H,1H3,(H,24,26). The molecule has 2 aromatic carbocycles. The Bertz CT molecular complexity index is 1040. The largest absolute Gasteiger partial charge is 0.345 e. The second-order valence-corrected chi connectivity index (χ2v) is 6.13. The molecule has 128 valence electrons. The van der Waals surface area contributed by atoms with Crippen LogP contribution in [0.1, 0.15) is 28.9 Å². The van der Waals surface area contributed by atoms with Gasteiger partial charge in [0.25, 0.3) is 5.91 Å². The van der Waals surface area contributed by atoms with Gasteiger partial charge in [0.1, 0.15) is 6.33 Å². The summed E-state index contributed by atoms with van der Waals surface area (Å²) in [5.41, 5.74) is 4.54. The minimum Gasteiger partial charge on any atom is -0.345 e. The number of carbonyl (C=O) groups is 1. The van der Waals surface area contributed by atoms with E-state index in [1.807, 2.05) is 72.2 Å². The lowest BCUT2D eigenvalue weighted by Crippen LogP contribution is -2.26. The Kier molecular flexibility index (Phi) is 4.19. The van der Waals surface area contributed by atoms with E-state index in [1.165, 1.54) is 0 Å². The van der Waals surface area contributed by atoms with Crippen LogP contribution in [-0.4, -0.2) is 20.4 Å². The number of imidazole rings is 1. The molecule has 2 aromatic heterocycles. The zero-order valence-corrected chi connectivity index (χ0v) is 14.3. The van der Waals surface area contributed by atoms with Crippen LogP contribution in [0.5, 0.6) is 0 Å². The molecule has 0 radical (unpaired) electrons. The first-order chi connectivity index (χ1) is 12.7. The van der Waals surface area contributed by atoms with E-state index < -0.39 is 0 Å². The highest BCUT2D eigenvalue weighted by Crippen LogP contribution is 2.18. The number of rotatable bonds is 4. The summed E-state index contributed by atoms with van der Waals surface area (Å²) in [7, 11) is 0. The van der Waals surface area contributed by atoms with Crippen LogP contribution < -0.4 is 5.32 Å². The first kappa shape index (κ1) is 16.0. The van der Waals surface area contributed by atoms with E-state index in [2.05, 4.69) is 15.3 Å². The van der Waals surface area contributed by atoms with E-state index in [1.54, 1.807) is 18.7 Å². The molecule has 1 unspecified atom stereocenters. The summed E-state index contributed by atoms with van der Waals surface area (Å²) in [5.74, 6) is -0.108. The maximum atomic E-state index is 12.5. The van der Waals surface area contributed by atoms with Crippen LogP contribution in [0.25, 0.3) is 16.7 Å². The van der Waals surface area contributed by atoms with Gasteiger partial charge in [-0.2, -0.15) is 0 Å². The molecule has 4 aromatic rings. The number of nitrogens with one attached hydrogen (secondary N) is 1. The lowest BCUT2D eigenvalue weighted by Gasteiger charge is -2.14. The van der Waals surface area contributed by atoms with Crippen LogP contribution in [0, 0.1) is 0 Å². The lowest BCUT2D eigenvalue weighted by atomic mass is 10.1. The predicted molar refractivity (Wildman–Crippen MR) is 101 cm³/mol. The molecule has 0 bridgehead atoms. The van der Waals surface area contributed by atoms with Gasteiger partial charge in [-0.1, -0.05) is 18.2 Å². The van der Waals surface area contributed by atoms with Crippen molar-refractivity contribution >= 4 is 16.9 Å². The molecule has 1 atom stereocenters. The Morgan fingerprint density at radius 1 is 1.04 bits per heavy atom. The van der Waals surface area contributed by atoms with Crippen molar-refractivity contribution in [3.63, 3.8) is 0 Å². The summed E-state index contributed by atoms with van der Waals surface area (Å²) in [6, 6.07) is 19.2. The summed E-state index contributed by atoms with van der Waals surface area (Å²) in [5, 5.41) is 3.00. The zero-order chi connectivity index (χ0) is 17.9. The van der Waals surface area contributed by atoms with Gasteiger partial charge in [-0.25, -0.2) is 4.98 Å². The van der Waals surface area contributed by atoms with E-state index in [0.717, 1.165) is 22.3 Å². The molecule has 0 aliphatic carbocycles. The molecule has 5 heteroatoms. The van der Waals surface area contributed by atoms with E-state index in [0.29, 0.717) is 5.56 Å². The minimum absolute atomic E-state index is 0.103. The number of aromatic nitrogens is 3. The van der Waals surface area contributed by atoms with Crippen molar-refractivity contribution < 1.29 is 4.79 Å². The van der Waals surface area contributed by atoms with Crippen molar-refractivity contribution in [2.24, 2.45) is 0 Å². The van der Waals surface area contributed by atoms with Crippen molar-refractivity contribution in [1.82, 2.24) is 19.9 Å². The highest BCUT2D eigenvalue weighted by Gasteiger charge is 2.12. The number of amides is 1. The van der Waals surface area contributed by atoms with Crippen LogP contribution in [-0.2, 0) is 0 Å². The van der Waals surface area contributed by atoms with Gasteiger partial charge in [0, 0.05) is 23.6 Å². The summed E-state index contributed by atoms with van der Waals surface area (Å²) >= 11 is 0. The molecule has 5 nitrogen and oxygen atoms in total. The molecule has 0 aliphatic rings. The van der Waals surface area contributed by atoms with Gasteiger partial charge in [0.2, 0.25) is 0 Å². The third-order valence-electron chi connectivity index (χ3n) is 4.39. The smallest absolute Gasteiger partial charge is 0.251 e. The molecule has 0 aliphatic heterocycles. The Morgan fingerprint density at radius 3 is 2.62 bits per heavy atom. The van der Waals surface area contributed by atoms with Gasteiger partial charge in [-0.15, -0.1) is 0 Å². The predicted octanol–water partition coefficient (Wildman–Crippen LogP) is 3.91. The Hall–Kier alpha value is -3.47. The van der Waals surface area contributed by atoms with Gasteiger partial charge >= 0.3 is 0 Å². The molecule has 0 spiro atoms. The molecular formula is C21H18N4O. The molecular weight excluding hydrogens is 324 g/mol. The maximum absolute atomic E-state index is 12.5. The van der Waals surface area contributed by atoms with Crippen molar-refractivity contribution in [3.8, 4) is 5.69 Å². The molecule has 0 saturated carbocycles. The summed E-state index contributed by atoms with van der Waals surface area (Å²) in [6.07, 6.45) is 5.28. The average molecular weight is 342 g/mol. The van der Waals surface area contributed by atoms with E-state index >= 15 is 0 Å². The first-order valence-corrected chi connectivity index (χ1v) is 8.46. The van der Waals surface area contributed by atoms with E-state index in [4.69, 9.17) is 0 Å². The highest BCUT2D eigenvalue weighted by molar-refractivity contribution is 5.94. The summed E-state index contributed by atoms with van der Waals surface area (Å²) in [4.78, 5) is 21.0. The monoisotopic (exact) mass is 342 g/mol. The van der Waals surface area contributed by atoms with Gasteiger partial charge in [0.15, 0.2) is 0 Å². The number of hydrogen-bond donors (Lipinski definition) is 1. The van der Waals surface area contributed by atoms with Crippen molar-refractivity contribution in [3.05, 3.63) is 90.5 Å². The Labute approximate surface area is 151 Å². The molecule has 2 heterocycles. The third kappa shape index (κ3) is 3.07. The Balaban J connectivity index is 1.53. The van der Waals surface area contributed by atoms with Crippen molar-refractivity contribution in [1.29, 1.82) is 0 Å². The van der Waals surface area contributed by atoms with Crippen LogP contribution in [0.3, 0.4) is 0 Å². The van der Waals surface area contributed by atoms with Crippen molar-refractivity contribution in [2.75, 3.05) is 0 Å². The highest BCUT2D eigenvalue weighted by atomic mass is 16.1. The number of nitrogens with zero attached hydrogens (tertiary/aromatic N) is 3. The lowest BCUT2D eigenvalue weighted by molar-refractivity contribution is 0.0940. The quantitative estimate of drug-likeness (QED) is 0.612.